The van der Waals surface area contributed by atoms with Crippen molar-refractivity contribution in [2.24, 2.45) is 0 Å². The number of aryl methyl sites for hydroxylation is 1. The number of likely N-dealkylation sites (tertiary alicyclic amines) is 1. The van der Waals surface area contributed by atoms with Gasteiger partial charge < -0.3 is 5.32 Å². The zero-order valence-corrected chi connectivity index (χ0v) is 11.9. The molecule has 1 aromatic heterocycles. The molecule has 1 saturated heterocycles. The van der Waals surface area contributed by atoms with Crippen LogP contribution < -0.4 is 5.32 Å². The molecule has 104 valence electrons. The van der Waals surface area contributed by atoms with Crippen LogP contribution in [0.25, 0.3) is 0 Å². The smallest absolute Gasteiger partial charge is 0.0603 e. The van der Waals surface area contributed by atoms with Crippen LogP contribution in [0.5, 0.6) is 0 Å². The van der Waals surface area contributed by atoms with Crippen molar-refractivity contribution in [3.05, 3.63) is 59.9 Å². The van der Waals surface area contributed by atoms with Crippen LogP contribution in [0.2, 0.25) is 0 Å². The molecular formula is C17H21N3. The molecule has 1 N–H and O–H groups in total. The molecule has 1 aromatic carbocycles. The Balaban J connectivity index is 1.56. The van der Waals surface area contributed by atoms with Crippen molar-refractivity contribution in [3.63, 3.8) is 0 Å². The van der Waals surface area contributed by atoms with Gasteiger partial charge in [0, 0.05) is 31.9 Å². The third-order valence-corrected chi connectivity index (χ3v) is 3.89. The van der Waals surface area contributed by atoms with Gasteiger partial charge in [0.2, 0.25) is 0 Å². The minimum atomic E-state index is 0.529. The minimum absolute atomic E-state index is 0.529. The lowest BCUT2D eigenvalue weighted by molar-refractivity contribution is 0.328. The van der Waals surface area contributed by atoms with E-state index < -0.39 is 0 Å². The van der Waals surface area contributed by atoms with Crippen molar-refractivity contribution in [1.82, 2.24) is 9.88 Å². The molecule has 3 heteroatoms. The average molecular weight is 267 g/mol. The lowest BCUT2D eigenvalue weighted by Gasteiger charge is -2.18. The summed E-state index contributed by atoms with van der Waals surface area (Å²) in [4.78, 5) is 6.84. The molecule has 1 fully saturated rings. The first-order valence-electron chi connectivity index (χ1n) is 7.26. The summed E-state index contributed by atoms with van der Waals surface area (Å²) in [5.74, 6) is 0. The molecule has 0 amide bonds. The first kappa shape index (κ1) is 13.1. The second-order valence-corrected chi connectivity index (χ2v) is 5.49. The highest BCUT2D eigenvalue weighted by Gasteiger charge is 2.22. The predicted octanol–water partition coefficient (Wildman–Crippen LogP) is 3.08. The molecule has 1 atom stereocenters. The fourth-order valence-electron chi connectivity index (χ4n) is 2.79. The SMILES string of the molecule is Cc1ncccc1NC1CCN(Cc2ccccc2)C1. The highest BCUT2D eigenvalue weighted by atomic mass is 15.2. The van der Waals surface area contributed by atoms with E-state index in [-0.39, 0.29) is 0 Å². The lowest BCUT2D eigenvalue weighted by atomic mass is 10.2. The minimum Gasteiger partial charge on any atom is -0.380 e. The molecule has 20 heavy (non-hydrogen) atoms. The van der Waals surface area contributed by atoms with E-state index in [0.717, 1.165) is 25.3 Å². The van der Waals surface area contributed by atoms with E-state index in [1.54, 1.807) is 0 Å². The van der Waals surface area contributed by atoms with Crippen LogP contribution in [0.4, 0.5) is 5.69 Å². The van der Waals surface area contributed by atoms with E-state index in [1.165, 1.54) is 17.7 Å². The third-order valence-electron chi connectivity index (χ3n) is 3.89. The molecule has 3 rings (SSSR count). The van der Waals surface area contributed by atoms with Crippen LogP contribution in [-0.4, -0.2) is 29.0 Å². The zero-order chi connectivity index (χ0) is 13.8. The Morgan fingerprint density at radius 1 is 1.20 bits per heavy atom. The van der Waals surface area contributed by atoms with E-state index in [4.69, 9.17) is 0 Å². The molecule has 1 aliphatic rings. The van der Waals surface area contributed by atoms with E-state index in [2.05, 4.69) is 58.5 Å². The summed E-state index contributed by atoms with van der Waals surface area (Å²) in [7, 11) is 0. The Morgan fingerprint density at radius 3 is 2.85 bits per heavy atom. The van der Waals surface area contributed by atoms with Crippen molar-refractivity contribution >= 4 is 5.69 Å². The summed E-state index contributed by atoms with van der Waals surface area (Å²) in [6.45, 7) is 5.36. The summed E-state index contributed by atoms with van der Waals surface area (Å²) in [5, 5.41) is 3.62. The van der Waals surface area contributed by atoms with Gasteiger partial charge in [-0.3, -0.25) is 9.88 Å². The number of pyridine rings is 1. The van der Waals surface area contributed by atoms with Gasteiger partial charge in [0.15, 0.2) is 0 Å². The molecule has 0 bridgehead atoms. The lowest BCUT2D eigenvalue weighted by Crippen LogP contribution is -2.26. The molecule has 0 aliphatic carbocycles. The molecule has 0 saturated carbocycles. The molecule has 0 radical (unpaired) electrons. The topological polar surface area (TPSA) is 28.2 Å². The second-order valence-electron chi connectivity index (χ2n) is 5.49. The zero-order valence-electron chi connectivity index (χ0n) is 11.9. The summed E-state index contributed by atoms with van der Waals surface area (Å²) < 4.78 is 0. The molecule has 0 spiro atoms. The standard InChI is InChI=1S/C17H21N3/c1-14-17(8-5-10-18-14)19-16-9-11-20(13-16)12-15-6-3-2-4-7-15/h2-8,10,16,19H,9,11-13H2,1H3. The molecular weight excluding hydrogens is 246 g/mol. The number of hydrogen-bond donors (Lipinski definition) is 1. The maximum atomic E-state index is 4.33. The number of nitrogens with one attached hydrogen (secondary N) is 1. The maximum absolute atomic E-state index is 4.33. The fourth-order valence-corrected chi connectivity index (χ4v) is 2.79. The Morgan fingerprint density at radius 2 is 2.05 bits per heavy atom. The number of rotatable bonds is 4. The van der Waals surface area contributed by atoms with E-state index in [0.29, 0.717) is 6.04 Å². The van der Waals surface area contributed by atoms with E-state index in [1.807, 2.05) is 12.3 Å². The van der Waals surface area contributed by atoms with Crippen LogP contribution in [0.3, 0.4) is 0 Å². The Kier molecular flexibility index (Phi) is 3.97. The number of aromatic nitrogens is 1. The monoisotopic (exact) mass is 267 g/mol. The first-order valence-corrected chi connectivity index (χ1v) is 7.26. The van der Waals surface area contributed by atoms with Crippen LogP contribution in [0, 0.1) is 6.92 Å². The van der Waals surface area contributed by atoms with Crippen molar-refractivity contribution in [1.29, 1.82) is 0 Å². The highest BCUT2D eigenvalue weighted by Crippen LogP contribution is 2.19. The Bertz CT molecular complexity index is 553. The summed E-state index contributed by atoms with van der Waals surface area (Å²) in [6.07, 6.45) is 3.04. The maximum Gasteiger partial charge on any atom is 0.0603 e. The third kappa shape index (κ3) is 3.17. The van der Waals surface area contributed by atoms with Crippen molar-refractivity contribution < 1.29 is 0 Å². The van der Waals surface area contributed by atoms with E-state index in [9.17, 15) is 0 Å². The van der Waals surface area contributed by atoms with Gasteiger partial charge in [0.25, 0.3) is 0 Å². The Labute approximate surface area is 120 Å². The van der Waals surface area contributed by atoms with Gasteiger partial charge in [-0.2, -0.15) is 0 Å². The highest BCUT2D eigenvalue weighted by molar-refractivity contribution is 5.47. The van der Waals surface area contributed by atoms with Gasteiger partial charge in [-0.25, -0.2) is 0 Å². The largest absolute Gasteiger partial charge is 0.380 e. The molecule has 2 heterocycles. The molecule has 1 unspecified atom stereocenters. The first-order chi connectivity index (χ1) is 9.81. The number of anilines is 1. The van der Waals surface area contributed by atoms with E-state index >= 15 is 0 Å². The van der Waals surface area contributed by atoms with Crippen LogP contribution in [-0.2, 0) is 6.54 Å². The van der Waals surface area contributed by atoms with Crippen molar-refractivity contribution in [2.45, 2.75) is 25.9 Å². The van der Waals surface area contributed by atoms with Gasteiger partial charge in [0.1, 0.15) is 0 Å². The second kappa shape index (κ2) is 6.06. The number of benzene rings is 1. The fraction of sp³-hybridized carbons (Fsp3) is 0.353. The van der Waals surface area contributed by atoms with Crippen LogP contribution in [0.1, 0.15) is 17.7 Å². The Hall–Kier alpha value is -1.87. The van der Waals surface area contributed by atoms with Gasteiger partial charge in [-0.15, -0.1) is 0 Å². The number of hydrogen-bond acceptors (Lipinski definition) is 3. The van der Waals surface area contributed by atoms with Crippen molar-refractivity contribution in [3.8, 4) is 0 Å². The molecule has 1 aliphatic heterocycles. The normalized spacial score (nSPS) is 19.1. The van der Waals surface area contributed by atoms with Gasteiger partial charge in [-0.05, 0) is 31.0 Å². The summed E-state index contributed by atoms with van der Waals surface area (Å²) >= 11 is 0. The summed E-state index contributed by atoms with van der Waals surface area (Å²) in [6, 6.07) is 15.3. The van der Waals surface area contributed by atoms with Gasteiger partial charge >= 0.3 is 0 Å². The van der Waals surface area contributed by atoms with Crippen LogP contribution >= 0.6 is 0 Å². The van der Waals surface area contributed by atoms with Gasteiger partial charge in [-0.1, -0.05) is 30.3 Å². The van der Waals surface area contributed by atoms with Crippen molar-refractivity contribution in [2.75, 3.05) is 18.4 Å². The quantitative estimate of drug-likeness (QED) is 0.922. The van der Waals surface area contributed by atoms with Crippen LogP contribution in [0.15, 0.2) is 48.7 Å². The molecule has 3 nitrogen and oxygen atoms in total. The predicted molar refractivity (Wildman–Crippen MR) is 82.7 cm³/mol. The average Bonchev–Trinajstić information content (AvgIpc) is 2.90. The number of nitrogens with zero attached hydrogens (tertiary/aromatic N) is 2. The molecule has 2 aromatic rings. The summed E-state index contributed by atoms with van der Waals surface area (Å²) in [5.41, 5.74) is 3.64. The van der Waals surface area contributed by atoms with Gasteiger partial charge in [0.05, 0.1) is 11.4 Å².